The van der Waals surface area contributed by atoms with E-state index < -0.39 is 9.84 Å². The molecule has 1 amide bonds. The maximum absolute atomic E-state index is 12.4. The molecule has 0 aliphatic carbocycles. The number of nitrogens with zero attached hydrogens (tertiary/aromatic N) is 2. The second-order valence-corrected chi connectivity index (χ2v) is 8.81. The molecule has 0 bridgehead atoms. The van der Waals surface area contributed by atoms with Crippen LogP contribution in [-0.4, -0.2) is 62.1 Å². The number of hydrogen-bond donors (Lipinski definition) is 1. The summed E-state index contributed by atoms with van der Waals surface area (Å²) in [6, 6.07) is 1.68. The first kappa shape index (κ1) is 18.9. The predicted octanol–water partition coefficient (Wildman–Crippen LogP) is 1.11. The van der Waals surface area contributed by atoms with Crippen LogP contribution in [0.1, 0.15) is 42.9 Å². The highest BCUT2D eigenvalue weighted by molar-refractivity contribution is 7.90. The maximum atomic E-state index is 12.4. The fraction of sp³-hybridized carbons (Fsp3) is 0.750. The van der Waals surface area contributed by atoms with Gasteiger partial charge in [0.1, 0.15) is 15.6 Å². The maximum Gasteiger partial charge on any atom is 0.273 e. The molecule has 1 aromatic heterocycles. The summed E-state index contributed by atoms with van der Waals surface area (Å²) in [5.74, 6) is 0.937. The Morgan fingerprint density at radius 3 is 2.75 bits per heavy atom. The van der Waals surface area contributed by atoms with Crippen molar-refractivity contribution < 1.29 is 17.7 Å². The number of aromatic nitrogens is 1. The normalized spacial score (nSPS) is 22.0. The zero-order valence-corrected chi connectivity index (χ0v) is 15.4. The van der Waals surface area contributed by atoms with Gasteiger partial charge >= 0.3 is 0 Å². The first-order valence-corrected chi connectivity index (χ1v) is 10.5. The molecule has 1 aliphatic rings. The quantitative estimate of drug-likeness (QED) is 0.749. The lowest BCUT2D eigenvalue weighted by molar-refractivity contribution is 0.0920. The number of carbonyl (C=O) groups is 1. The fourth-order valence-corrected chi connectivity index (χ4v) is 3.68. The molecule has 0 aromatic carbocycles. The molecule has 2 atom stereocenters. The Morgan fingerprint density at radius 1 is 1.42 bits per heavy atom. The van der Waals surface area contributed by atoms with E-state index in [1.807, 2.05) is 6.92 Å². The van der Waals surface area contributed by atoms with Crippen molar-refractivity contribution in [2.45, 2.75) is 39.2 Å². The molecule has 1 N–H and O–H groups in total. The third-order valence-corrected chi connectivity index (χ3v) is 5.34. The topological polar surface area (TPSA) is 92.5 Å². The van der Waals surface area contributed by atoms with E-state index in [-0.39, 0.29) is 17.7 Å². The van der Waals surface area contributed by atoms with E-state index in [1.54, 1.807) is 6.07 Å². The average molecular weight is 357 g/mol. The van der Waals surface area contributed by atoms with Crippen LogP contribution in [0.15, 0.2) is 10.6 Å². The third kappa shape index (κ3) is 5.31. The van der Waals surface area contributed by atoms with Crippen molar-refractivity contribution in [3.63, 3.8) is 0 Å². The minimum absolute atomic E-state index is 0.0128. The van der Waals surface area contributed by atoms with E-state index >= 15 is 0 Å². The third-order valence-electron chi connectivity index (χ3n) is 4.41. The van der Waals surface area contributed by atoms with E-state index in [1.165, 1.54) is 6.26 Å². The molecule has 0 radical (unpaired) electrons. The smallest absolute Gasteiger partial charge is 0.273 e. The van der Waals surface area contributed by atoms with E-state index in [2.05, 4.69) is 22.3 Å². The molecule has 0 saturated carbocycles. The molecule has 2 unspecified atom stereocenters. The van der Waals surface area contributed by atoms with Crippen molar-refractivity contribution in [2.75, 3.05) is 31.6 Å². The summed E-state index contributed by atoms with van der Waals surface area (Å²) in [5, 5.41) is 6.85. The summed E-state index contributed by atoms with van der Waals surface area (Å²) >= 11 is 0. The molecule has 136 valence electrons. The molecular formula is C16H27N3O4S. The molecule has 1 saturated heterocycles. The molecular weight excluding hydrogens is 330 g/mol. The van der Waals surface area contributed by atoms with Crippen molar-refractivity contribution in [3.05, 3.63) is 17.5 Å². The Labute approximate surface area is 143 Å². The Hall–Kier alpha value is -1.41. The summed E-state index contributed by atoms with van der Waals surface area (Å²) < 4.78 is 27.8. The fourth-order valence-electron chi connectivity index (χ4n) is 3.09. The van der Waals surface area contributed by atoms with E-state index in [9.17, 15) is 13.2 Å². The van der Waals surface area contributed by atoms with Crippen LogP contribution in [0.5, 0.6) is 0 Å². The summed E-state index contributed by atoms with van der Waals surface area (Å²) in [5.41, 5.74) is 0.302. The molecule has 2 heterocycles. The van der Waals surface area contributed by atoms with Crippen LogP contribution in [0.2, 0.25) is 0 Å². The zero-order chi connectivity index (χ0) is 17.7. The molecule has 8 heteroatoms. The first-order chi connectivity index (χ1) is 11.3. The summed E-state index contributed by atoms with van der Waals surface area (Å²) in [6.45, 7) is 6.05. The largest absolute Gasteiger partial charge is 0.361 e. The highest BCUT2D eigenvalue weighted by Crippen LogP contribution is 2.22. The van der Waals surface area contributed by atoms with Gasteiger partial charge in [0.15, 0.2) is 5.69 Å². The lowest BCUT2D eigenvalue weighted by Crippen LogP contribution is -2.41. The molecule has 2 rings (SSSR count). The lowest BCUT2D eigenvalue weighted by Gasteiger charge is -2.18. The second-order valence-electron chi connectivity index (χ2n) is 6.55. The number of aryl methyl sites for hydroxylation is 1. The van der Waals surface area contributed by atoms with Crippen molar-refractivity contribution in [1.29, 1.82) is 0 Å². The Balaban J connectivity index is 1.97. The van der Waals surface area contributed by atoms with Crippen LogP contribution in [-0.2, 0) is 16.3 Å². The van der Waals surface area contributed by atoms with Crippen LogP contribution in [0, 0.1) is 5.92 Å². The minimum Gasteiger partial charge on any atom is -0.361 e. The molecule has 24 heavy (non-hydrogen) atoms. The van der Waals surface area contributed by atoms with Crippen LogP contribution in [0.25, 0.3) is 0 Å². The van der Waals surface area contributed by atoms with Crippen LogP contribution >= 0.6 is 0 Å². The second kappa shape index (κ2) is 8.11. The van der Waals surface area contributed by atoms with Crippen molar-refractivity contribution in [1.82, 2.24) is 15.4 Å². The van der Waals surface area contributed by atoms with Gasteiger partial charge < -0.3 is 9.84 Å². The van der Waals surface area contributed by atoms with Gasteiger partial charge in [-0.1, -0.05) is 25.4 Å². The minimum atomic E-state index is -2.98. The Bertz CT molecular complexity index is 656. The van der Waals surface area contributed by atoms with Gasteiger partial charge in [0.2, 0.25) is 0 Å². The molecule has 1 aliphatic heterocycles. The SMILES string of the molecule is CCCC1CN(CCS(C)(=O)=O)CC1NC(=O)c1cc(CC)on1. The van der Waals surface area contributed by atoms with Gasteiger partial charge in [-0.3, -0.25) is 9.69 Å². The lowest BCUT2D eigenvalue weighted by atomic mass is 9.98. The number of amides is 1. The highest BCUT2D eigenvalue weighted by Gasteiger charge is 2.33. The number of carbonyl (C=O) groups excluding carboxylic acids is 1. The Kier molecular flexibility index (Phi) is 6.40. The summed E-state index contributed by atoms with van der Waals surface area (Å²) in [4.78, 5) is 14.5. The van der Waals surface area contributed by atoms with Crippen molar-refractivity contribution in [2.24, 2.45) is 5.92 Å². The van der Waals surface area contributed by atoms with E-state index in [0.29, 0.717) is 36.9 Å². The van der Waals surface area contributed by atoms with Crippen LogP contribution in [0.3, 0.4) is 0 Å². The number of nitrogens with one attached hydrogen (secondary N) is 1. The van der Waals surface area contributed by atoms with Gasteiger partial charge in [0.25, 0.3) is 5.91 Å². The van der Waals surface area contributed by atoms with Gasteiger partial charge in [0.05, 0.1) is 5.75 Å². The number of rotatable bonds is 8. The first-order valence-electron chi connectivity index (χ1n) is 8.49. The van der Waals surface area contributed by atoms with Crippen LogP contribution < -0.4 is 5.32 Å². The highest BCUT2D eigenvalue weighted by atomic mass is 32.2. The van der Waals surface area contributed by atoms with Gasteiger partial charge in [-0.05, 0) is 12.3 Å². The van der Waals surface area contributed by atoms with E-state index in [4.69, 9.17) is 4.52 Å². The molecule has 1 aromatic rings. The standard InChI is InChI=1S/C16H27N3O4S/c1-4-6-12-10-19(7-8-24(3,21)22)11-15(12)17-16(20)14-9-13(5-2)23-18-14/h9,12,15H,4-8,10-11H2,1-3H3,(H,17,20). The molecule has 1 fully saturated rings. The molecule has 0 spiro atoms. The monoisotopic (exact) mass is 357 g/mol. The van der Waals surface area contributed by atoms with Gasteiger partial charge in [-0.15, -0.1) is 0 Å². The van der Waals surface area contributed by atoms with Gasteiger partial charge in [0, 0.05) is 44.4 Å². The van der Waals surface area contributed by atoms with Crippen molar-refractivity contribution >= 4 is 15.7 Å². The zero-order valence-electron chi connectivity index (χ0n) is 14.6. The van der Waals surface area contributed by atoms with Gasteiger partial charge in [-0.25, -0.2) is 8.42 Å². The Morgan fingerprint density at radius 2 is 2.17 bits per heavy atom. The number of sulfone groups is 1. The summed E-state index contributed by atoms with van der Waals surface area (Å²) in [6.07, 6.45) is 3.98. The molecule has 7 nitrogen and oxygen atoms in total. The van der Waals surface area contributed by atoms with E-state index in [0.717, 1.165) is 19.4 Å². The average Bonchev–Trinajstić information content (AvgIpc) is 3.12. The van der Waals surface area contributed by atoms with Gasteiger partial charge in [-0.2, -0.15) is 0 Å². The number of hydrogen-bond acceptors (Lipinski definition) is 6. The summed E-state index contributed by atoms with van der Waals surface area (Å²) in [7, 11) is -2.98. The van der Waals surface area contributed by atoms with Crippen molar-refractivity contribution in [3.8, 4) is 0 Å². The predicted molar refractivity (Wildman–Crippen MR) is 91.7 cm³/mol. The number of likely N-dealkylation sites (tertiary alicyclic amines) is 1. The van der Waals surface area contributed by atoms with Crippen LogP contribution in [0.4, 0.5) is 0 Å².